The van der Waals surface area contributed by atoms with Gasteiger partial charge in [0.05, 0.1) is 0 Å². The van der Waals surface area contributed by atoms with Crippen LogP contribution >= 0.6 is 11.6 Å². The van der Waals surface area contributed by atoms with E-state index in [9.17, 15) is 5.11 Å². The van der Waals surface area contributed by atoms with Crippen molar-refractivity contribution in [3.05, 3.63) is 65.8 Å². The molecule has 3 aromatic rings. The predicted molar refractivity (Wildman–Crippen MR) is 86.2 cm³/mol. The summed E-state index contributed by atoms with van der Waals surface area (Å²) in [7, 11) is 0. The summed E-state index contributed by atoms with van der Waals surface area (Å²) in [5.41, 5.74) is 9.49. The standard InChI is InChI=1S/C17H13ClN2O/c18-16-4-2-1-3-14(16)12-9-15(17(19)20-10-12)11-5-7-13(21)8-6-11/h1-10,21H,(H2,19,20). The summed E-state index contributed by atoms with van der Waals surface area (Å²) in [5.74, 6) is 0.657. The van der Waals surface area contributed by atoms with Crippen LogP contribution in [0.15, 0.2) is 60.8 Å². The Morgan fingerprint density at radius 2 is 1.62 bits per heavy atom. The molecule has 3 nitrogen and oxygen atoms in total. The first-order chi connectivity index (χ1) is 10.1. The van der Waals surface area contributed by atoms with Crippen LogP contribution in [0.4, 0.5) is 5.82 Å². The van der Waals surface area contributed by atoms with Crippen LogP contribution in [0.2, 0.25) is 5.02 Å². The lowest BCUT2D eigenvalue weighted by Crippen LogP contribution is -1.95. The van der Waals surface area contributed by atoms with Crippen LogP contribution in [-0.2, 0) is 0 Å². The molecule has 0 unspecified atom stereocenters. The number of benzene rings is 2. The van der Waals surface area contributed by atoms with Gasteiger partial charge in [0.25, 0.3) is 0 Å². The van der Waals surface area contributed by atoms with E-state index in [2.05, 4.69) is 4.98 Å². The van der Waals surface area contributed by atoms with Crippen molar-refractivity contribution in [1.82, 2.24) is 4.98 Å². The fraction of sp³-hybridized carbons (Fsp3) is 0. The number of aromatic nitrogens is 1. The van der Waals surface area contributed by atoms with Gasteiger partial charge in [-0.1, -0.05) is 41.9 Å². The maximum Gasteiger partial charge on any atom is 0.131 e. The second-order valence-electron chi connectivity index (χ2n) is 4.68. The molecular weight excluding hydrogens is 284 g/mol. The van der Waals surface area contributed by atoms with Crippen LogP contribution in [0, 0.1) is 0 Å². The van der Waals surface area contributed by atoms with Gasteiger partial charge in [0.2, 0.25) is 0 Å². The van der Waals surface area contributed by atoms with Gasteiger partial charge in [0, 0.05) is 27.9 Å². The van der Waals surface area contributed by atoms with Crippen molar-refractivity contribution in [1.29, 1.82) is 0 Å². The summed E-state index contributed by atoms with van der Waals surface area (Å²) < 4.78 is 0. The number of nitrogens with two attached hydrogens (primary N) is 1. The van der Waals surface area contributed by atoms with Crippen molar-refractivity contribution in [3.63, 3.8) is 0 Å². The monoisotopic (exact) mass is 296 g/mol. The second-order valence-corrected chi connectivity index (χ2v) is 5.09. The quantitative estimate of drug-likeness (QED) is 0.739. The zero-order valence-electron chi connectivity index (χ0n) is 11.1. The minimum absolute atomic E-state index is 0.215. The van der Waals surface area contributed by atoms with Gasteiger partial charge in [-0.05, 0) is 29.8 Å². The third-order valence-electron chi connectivity index (χ3n) is 3.28. The summed E-state index contributed by atoms with van der Waals surface area (Å²) in [6.07, 6.45) is 1.71. The number of nitrogens with zero attached hydrogens (tertiary/aromatic N) is 1. The number of halogens is 1. The molecule has 0 saturated carbocycles. The SMILES string of the molecule is Nc1ncc(-c2ccccc2Cl)cc1-c1ccc(O)cc1. The molecule has 0 amide bonds. The van der Waals surface area contributed by atoms with Gasteiger partial charge in [0.1, 0.15) is 11.6 Å². The van der Waals surface area contributed by atoms with E-state index in [-0.39, 0.29) is 5.75 Å². The Bertz CT molecular complexity index is 785. The van der Waals surface area contributed by atoms with Crippen LogP contribution in [-0.4, -0.2) is 10.1 Å². The smallest absolute Gasteiger partial charge is 0.131 e. The molecule has 0 bridgehead atoms. The predicted octanol–water partition coefficient (Wildman–Crippen LogP) is 4.36. The molecule has 1 heterocycles. The zero-order chi connectivity index (χ0) is 14.8. The highest BCUT2D eigenvalue weighted by Gasteiger charge is 2.09. The maximum absolute atomic E-state index is 9.38. The number of rotatable bonds is 2. The first kappa shape index (κ1) is 13.5. The molecule has 0 aliphatic heterocycles. The van der Waals surface area contributed by atoms with Gasteiger partial charge in [-0.3, -0.25) is 0 Å². The fourth-order valence-corrected chi connectivity index (χ4v) is 2.44. The van der Waals surface area contributed by atoms with E-state index in [0.717, 1.165) is 22.3 Å². The van der Waals surface area contributed by atoms with Crippen LogP contribution in [0.3, 0.4) is 0 Å². The largest absolute Gasteiger partial charge is 0.508 e. The maximum atomic E-state index is 9.38. The Morgan fingerprint density at radius 1 is 0.905 bits per heavy atom. The molecule has 3 rings (SSSR count). The van der Waals surface area contributed by atoms with E-state index in [1.165, 1.54) is 0 Å². The van der Waals surface area contributed by atoms with Crippen LogP contribution in [0.1, 0.15) is 0 Å². The first-order valence-electron chi connectivity index (χ1n) is 6.45. The van der Waals surface area contributed by atoms with Gasteiger partial charge in [0.15, 0.2) is 0 Å². The number of phenolic OH excluding ortho intramolecular Hbond substituents is 1. The van der Waals surface area contributed by atoms with E-state index < -0.39 is 0 Å². The van der Waals surface area contributed by atoms with E-state index in [4.69, 9.17) is 17.3 Å². The first-order valence-corrected chi connectivity index (χ1v) is 6.83. The molecule has 0 radical (unpaired) electrons. The van der Waals surface area contributed by atoms with Crippen LogP contribution < -0.4 is 5.73 Å². The lowest BCUT2D eigenvalue weighted by Gasteiger charge is -2.09. The molecule has 0 aliphatic carbocycles. The van der Waals surface area contributed by atoms with Gasteiger partial charge in [-0.2, -0.15) is 0 Å². The van der Waals surface area contributed by atoms with E-state index in [1.54, 1.807) is 30.5 Å². The number of phenols is 1. The average Bonchev–Trinajstić information content (AvgIpc) is 2.50. The molecule has 21 heavy (non-hydrogen) atoms. The molecule has 0 spiro atoms. The summed E-state index contributed by atoms with van der Waals surface area (Å²) in [6, 6.07) is 16.4. The Hall–Kier alpha value is -2.52. The third kappa shape index (κ3) is 2.69. The van der Waals surface area contributed by atoms with Crippen molar-refractivity contribution in [2.75, 3.05) is 5.73 Å². The summed E-state index contributed by atoms with van der Waals surface area (Å²) in [6.45, 7) is 0. The van der Waals surface area contributed by atoms with Crippen molar-refractivity contribution in [2.24, 2.45) is 0 Å². The molecule has 0 atom stereocenters. The number of pyridine rings is 1. The molecule has 104 valence electrons. The highest BCUT2D eigenvalue weighted by molar-refractivity contribution is 6.33. The highest BCUT2D eigenvalue weighted by Crippen LogP contribution is 2.33. The van der Waals surface area contributed by atoms with E-state index in [0.29, 0.717) is 10.8 Å². The number of nitrogen functional groups attached to an aromatic ring is 1. The normalized spacial score (nSPS) is 10.5. The number of hydrogen-bond acceptors (Lipinski definition) is 3. The Morgan fingerprint density at radius 3 is 2.33 bits per heavy atom. The highest BCUT2D eigenvalue weighted by atomic mass is 35.5. The summed E-state index contributed by atoms with van der Waals surface area (Å²) >= 11 is 6.23. The second kappa shape index (κ2) is 5.46. The summed E-state index contributed by atoms with van der Waals surface area (Å²) in [4.78, 5) is 4.25. The third-order valence-corrected chi connectivity index (χ3v) is 3.61. The lowest BCUT2D eigenvalue weighted by atomic mass is 10.0. The van der Waals surface area contributed by atoms with Gasteiger partial charge >= 0.3 is 0 Å². The van der Waals surface area contributed by atoms with E-state index >= 15 is 0 Å². The van der Waals surface area contributed by atoms with Crippen molar-refractivity contribution in [2.45, 2.75) is 0 Å². The molecule has 0 aliphatic rings. The molecule has 3 N–H and O–H groups in total. The fourth-order valence-electron chi connectivity index (χ4n) is 2.19. The van der Waals surface area contributed by atoms with Crippen molar-refractivity contribution >= 4 is 17.4 Å². The van der Waals surface area contributed by atoms with Crippen molar-refractivity contribution < 1.29 is 5.11 Å². The van der Waals surface area contributed by atoms with Gasteiger partial charge in [-0.25, -0.2) is 4.98 Å². The minimum atomic E-state index is 0.215. The number of anilines is 1. The molecule has 0 saturated heterocycles. The Kier molecular flexibility index (Phi) is 3.50. The minimum Gasteiger partial charge on any atom is -0.508 e. The molecule has 4 heteroatoms. The molecular formula is C17H13ClN2O. The lowest BCUT2D eigenvalue weighted by molar-refractivity contribution is 0.475. The zero-order valence-corrected chi connectivity index (χ0v) is 11.9. The van der Waals surface area contributed by atoms with Gasteiger partial charge < -0.3 is 10.8 Å². The molecule has 1 aromatic heterocycles. The average molecular weight is 297 g/mol. The topological polar surface area (TPSA) is 59.1 Å². The molecule has 2 aromatic carbocycles. The number of aromatic hydroxyl groups is 1. The van der Waals surface area contributed by atoms with E-state index in [1.807, 2.05) is 30.3 Å². The van der Waals surface area contributed by atoms with Crippen LogP contribution in [0.25, 0.3) is 22.3 Å². The summed E-state index contributed by atoms with van der Waals surface area (Å²) in [5, 5.41) is 10.0. The van der Waals surface area contributed by atoms with Gasteiger partial charge in [-0.15, -0.1) is 0 Å². The Labute approximate surface area is 127 Å². The number of hydrogen-bond donors (Lipinski definition) is 2. The molecule has 0 fully saturated rings. The van der Waals surface area contributed by atoms with Crippen molar-refractivity contribution in [3.8, 4) is 28.0 Å². The van der Waals surface area contributed by atoms with Crippen LogP contribution in [0.5, 0.6) is 5.75 Å². The Balaban J connectivity index is 2.13.